The Morgan fingerprint density at radius 3 is 2.59 bits per heavy atom. The first-order valence-electron chi connectivity index (χ1n) is 7.34. The molecule has 0 aliphatic carbocycles. The number of anilines is 2. The number of nitrogens with zero attached hydrogens (tertiary/aromatic N) is 2. The zero-order valence-electron chi connectivity index (χ0n) is 12.4. The summed E-state index contributed by atoms with van der Waals surface area (Å²) in [7, 11) is 0. The van der Waals surface area contributed by atoms with Crippen molar-refractivity contribution in [1.82, 2.24) is 0 Å². The van der Waals surface area contributed by atoms with Crippen LogP contribution in [0.5, 0.6) is 0 Å². The van der Waals surface area contributed by atoms with Crippen LogP contribution in [-0.4, -0.2) is 18.0 Å². The number of nitriles is 1. The van der Waals surface area contributed by atoms with Crippen LogP contribution in [0.2, 0.25) is 0 Å². The number of para-hydroxylation sites is 2. The molecule has 2 unspecified atom stereocenters. The van der Waals surface area contributed by atoms with Gasteiger partial charge in [-0.3, -0.25) is 4.79 Å². The maximum absolute atomic E-state index is 12.9. The van der Waals surface area contributed by atoms with Gasteiger partial charge in [0, 0.05) is 18.0 Å². The van der Waals surface area contributed by atoms with Gasteiger partial charge in [0.15, 0.2) is 0 Å². The van der Waals surface area contributed by atoms with E-state index < -0.39 is 0 Å². The van der Waals surface area contributed by atoms with Crippen LogP contribution < -0.4 is 10.2 Å². The first kappa shape index (κ1) is 14.2. The highest BCUT2D eigenvalue weighted by molar-refractivity contribution is 6.08. The van der Waals surface area contributed by atoms with E-state index in [2.05, 4.69) is 11.4 Å². The summed E-state index contributed by atoms with van der Waals surface area (Å²) in [6.07, 6.45) is 0.587. The van der Waals surface area contributed by atoms with E-state index in [0.29, 0.717) is 12.0 Å². The van der Waals surface area contributed by atoms with Crippen molar-refractivity contribution in [3.8, 4) is 6.07 Å². The minimum Gasteiger partial charge on any atom is -0.368 e. The Labute approximate surface area is 130 Å². The maximum Gasteiger partial charge on any atom is 0.258 e. The molecule has 0 fully saturated rings. The Morgan fingerprint density at radius 1 is 1.18 bits per heavy atom. The van der Waals surface area contributed by atoms with Crippen molar-refractivity contribution >= 4 is 17.3 Å². The molecule has 3 rings (SSSR count). The van der Waals surface area contributed by atoms with Gasteiger partial charge in [0.1, 0.15) is 6.04 Å². The lowest BCUT2D eigenvalue weighted by atomic mass is 10.1. The molecule has 0 radical (unpaired) electrons. The summed E-state index contributed by atoms with van der Waals surface area (Å²) in [6, 6.07) is 18.8. The van der Waals surface area contributed by atoms with Gasteiger partial charge < -0.3 is 10.2 Å². The van der Waals surface area contributed by atoms with Gasteiger partial charge in [-0.25, -0.2) is 0 Å². The summed E-state index contributed by atoms with van der Waals surface area (Å²) in [6.45, 7) is 1.98. The normalized spacial score (nSPS) is 20.3. The van der Waals surface area contributed by atoms with E-state index in [0.717, 1.165) is 11.4 Å². The maximum atomic E-state index is 12.9. The van der Waals surface area contributed by atoms with Crippen molar-refractivity contribution in [1.29, 1.82) is 5.26 Å². The van der Waals surface area contributed by atoms with Gasteiger partial charge in [-0.2, -0.15) is 5.26 Å². The van der Waals surface area contributed by atoms with E-state index in [1.807, 2.05) is 61.5 Å². The first-order valence-corrected chi connectivity index (χ1v) is 7.34. The van der Waals surface area contributed by atoms with E-state index in [4.69, 9.17) is 0 Å². The average molecular weight is 291 g/mol. The Hall–Kier alpha value is -2.80. The molecule has 1 heterocycles. The van der Waals surface area contributed by atoms with E-state index in [1.165, 1.54) is 0 Å². The van der Waals surface area contributed by atoms with Crippen LogP contribution in [0.1, 0.15) is 23.7 Å². The summed E-state index contributed by atoms with van der Waals surface area (Å²) < 4.78 is 0. The number of hydrogen-bond acceptors (Lipinski definition) is 3. The molecule has 2 aromatic rings. The number of benzene rings is 2. The number of carbonyl (C=O) groups is 1. The minimum atomic E-state index is -0.301. The summed E-state index contributed by atoms with van der Waals surface area (Å²) in [5, 5.41) is 12.5. The topological polar surface area (TPSA) is 56.1 Å². The molecule has 0 bridgehead atoms. The lowest BCUT2D eigenvalue weighted by Crippen LogP contribution is -2.39. The van der Waals surface area contributed by atoms with Crippen molar-refractivity contribution in [2.24, 2.45) is 0 Å². The van der Waals surface area contributed by atoms with Crippen molar-refractivity contribution < 1.29 is 4.79 Å². The fraction of sp³-hybridized carbons (Fsp3) is 0.222. The van der Waals surface area contributed by atoms with Gasteiger partial charge in [-0.15, -0.1) is 0 Å². The summed E-state index contributed by atoms with van der Waals surface area (Å²) in [5.74, 6) is -0.0408. The molecule has 4 nitrogen and oxygen atoms in total. The van der Waals surface area contributed by atoms with E-state index in [9.17, 15) is 10.1 Å². The van der Waals surface area contributed by atoms with Gasteiger partial charge in [0.05, 0.1) is 17.4 Å². The number of carbonyl (C=O) groups excluding carboxylic acids is 1. The van der Waals surface area contributed by atoms with Crippen LogP contribution in [-0.2, 0) is 0 Å². The third-order valence-electron chi connectivity index (χ3n) is 3.91. The molecular weight excluding hydrogens is 274 g/mol. The quantitative estimate of drug-likeness (QED) is 0.875. The third-order valence-corrected chi connectivity index (χ3v) is 3.91. The molecule has 0 saturated carbocycles. The Bertz CT molecular complexity index is 721. The standard InChI is InChI=1S/C18H17N3O/c1-13-11-15(12-19)20-16-9-5-6-10-17(16)21(13)18(22)14-7-3-2-4-8-14/h2-10,13,15,20H,11H2,1H3. The predicted octanol–water partition coefficient (Wildman–Crippen LogP) is 3.43. The second kappa shape index (κ2) is 5.90. The first-order chi connectivity index (χ1) is 10.7. The van der Waals surface area contributed by atoms with Crippen LogP contribution in [0.3, 0.4) is 0 Å². The lowest BCUT2D eigenvalue weighted by Gasteiger charge is -2.28. The van der Waals surface area contributed by atoms with Crippen molar-refractivity contribution in [2.45, 2.75) is 25.4 Å². The highest BCUT2D eigenvalue weighted by Gasteiger charge is 2.30. The monoisotopic (exact) mass is 291 g/mol. The highest BCUT2D eigenvalue weighted by atomic mass is 16.2. The van der Waals surface area contributed by atoms with Crippen molar-refractivity contribution in [2.75, 3.05) is 10.2 Å². The molecule has 2 atom stereocenters. The lowest BCUT2D eigenvalue weighted by molar-refractivity contribution is 0.0978. The fourth-order valence-electron chi connectivity index (χ4n) is 2.85. The largest absolute Gasteiger partial charge is 0.368 e. The fourth-order valence-corrected chi connectivity index (χ4v) is 2.85. The van der Waals surface area contributed by atoms with Gasteiger partial charge in [-0.05, 0) is 31.2 Å². The summed E-state index contributed by atoms with van der Waals surface area (Å²) >= 11 is 0. The molecule has 2 aromatic carbocycles. The predicted molar refractivity (Wildman–Crippen MR) is 86.8 cm³/mol. The zero-order chi connectivity index (χ0) is 15.5. The Kier molecular flexibility index (Phi) is 3.80. The molecule has 22 heavy (non-hydrogen) atoms. The van der Waals surface area contributed by atoms with E-state index in [1.54, 1.807) is 4.90 Å². The Balaban J connectivity index is 2.06. The van der Waals surface area contributed by atoms with Gasteiger partial charge in [0.2, 0.25) is 0 Å². The highest BCUT2D eigenvalue weighted by Crippen LogP contribution is 2.33. The molecule has 1 aliphatic rings. The van der Waals surface area contributed by atoms with Gasteiger partial charge in [-0.1, -0.05) is 30.3 Å². The Morgan fingerprint density at radius 2 is 1.86 bits per heavy atom. The van der Waals surface area contributed by atoms with Crippen LogP contribution in [0.4, 0.5) is 11.4 Å². The van der Waals surface area contributed by atoms with Crippen LogP contribution >= 0.6 is 0 Å². The number of amides is 1. The van der Waals surface area contributed by atoms with Gasteiger partial charge in [0.25, 0.3) is 5.91 Å². The molecule has 0 saturated heterocycles. The van der Waals surface area contributed by atoms with E-state index >= 15 is 0 Å². The molecule has 4 heteroatoms. The molecular formula is C18H17N3O. The number of rotatable bonds is 1. The molecule has 0 aromatic heterocycles. The molecule has 110 valence electrons. The van der Waals surface area contributed by atoms with E-state index in [-0.39, 0.29) is 18.0 Å². The van der Waals surface area contributed by atoms with Crippen molar-refractivity contribution in [3.63, 3.8) is 0 Å². The van der Waals surface area contributed by atoms with Gasteiger partial charge >= 0.3 is 0 Å². The average Bonchev–Trinajstić information content (AvgIpc) is 2.70. The van der Waals surface area contributed by atoms with Crippen LogP contribution in [0, 0.1) is 11.3 Å². The number of fused-ring (bicyclic) bond motifs is 1. The third kappa shape index (κ3) is 2.53. The number of hydrogen-bond donors (Lipinski definition) is 1. The number of nitrogens with one attached hydrogen (secondary N) is 1. The zero-order valence-corrected chi connectivity index (χ0v) is 12.4. The molecule has 1 aliphatic heterocycles. The second-order valence-electron chi connectivity index (χ2n) is 5.47. The molecule has 0 spiro atoms. The van der Waals surface area contributed by atoms with Crippen molar-refractivity contribution in [3.05, 3.63) is 60.2 Å². The SMILES string of the molecule is CC1CC(C#N)Nc2ccccc2N1C(=O)c1ccccc1. The molecule has 1 N–H and O–H groups in total. The van der Waals surface area contributed by atoms with Crippen LogP contribution in [0.25, 0.3) is 0 Å². The summed E-state index contributed by atoms with van der Waals surface area (Å²) in [4.78, 5) is 14.7. The smallest absolute Gasteiger partial charge is 0.258 e. The van der Waals surface area contributed by atoms with Crippen LogP contribution in [0.15, 0.2) is 54.6 Å². The second-order valence-corrected chi connectivity index (χ2v) is 5.47. The summed E-state index contributed by atoms with van der Waals surface area (Å²) in [5.41, 5.74) is 2.30. The molecule has 1 amide bonds. The minimum absolute atomic E-state index is 0.0408.